The van der Waals surface area contributed by atoms with Gasteiger partial charge in [-0.05, 0) is 61.7 Å². The second-order valence-electron chi connectivity index (χ2n) is 6.15. The van der Waals surface area contributed by atoms with E-state index in [0.717, 1.165) is 0 Å². The number of nitrogens with zero attached hydrogens (tertiary/aromatic N) is 1. The molecule has 0 bridgehead atoms. The number of carbonyl (C=O) groups excluding carboxylic acids is 1. The molecule has 0 unspecified atom stereocenters. The zero-order valence-corrected chi connectivity index (χ0v) is 20.0. The second-order valence-corrected chi connectivity index (χ2v) is 7.07. The number of amides is 2. The fraction of sp³-hybridized carbons (Fsp3) is 0.391. The van der Waals surface area contributed by atoms with E-state index in [1.165, 1.54) is 10.0 Å². The molecule has 0 atom stereocenters. The van der Waals surface area contributed by atoms with Crippen LogP contribution in [0.15, 0.2) is 53.0 Å². The van der Waals surface area contributed by atoms with Crippen LogP contribution in [0.25, 0.3) is 0 Å². The van der Waals surface area contributed by atoms with Gasteiger partial charge in [-0.3, -0.25) is 0 Å². The van der Waals surface area contributed by atoms with E-state index in [1.54, 1.807) is 24.3 Å². The maximum atomic E-state index is 11.3. The van der Waals surface area contributed by atoms with Crippen LogP contribution in [0.2, 0.25) is 0 Å². The minimum Gasteiger partial charge on any atom is -0.336 e. The molecule has 1 radical (unpaired) electrons. The van der Waals surface area contributed by atoms with Crippen molar-refractivity contribution in [3.05, 3.63) is 64.1 Å². The first kappa shape index (κ1) is 35.2. The molecule has 2 aromatic rings. The molecular weight excluding hydrogens is 503 g/mol. The van der Waals surface area contributed by atoms with Gasteiger partial charge in [0.1, 0.15) is 0 Å². The van der Waals surface area contributed by atoms with Crippen LogP contribution < -0.4 is 10.6 Å². The Morgan fingerprint density at radius 3 is 1.93 bits per heavy atom. The van der Waals surface area contributed by atoms with Gasteiger partial charge in [0.15, 0.2) is 0 Å². The Bertz CT molecular complexity index is 726. The molecule has 29 heavy (non-hydrogen) atoms. The first-order chi connectivity index (χ1) is 11.8. The van der Waals surface area contributed by atoms with Crippen LogP contribution in [-0.2, 0) is 32.7 Å². The third-order valence-electron chi connectivity index (χ3n) is 3.21. The SMILES string of the molecule is C.C.C.CC(C)NC(=O)Nc1ccc(C#N)cc1.CC(C)c1cccc(Br)c1.[Y]. The van der Waals surface area contributed by atoms with Crippen molar-refractivity contribution in [2.24, 2.45) is 0 Å². The van der Waals surface area contributed by atoms with Gasteiger partial charge >= 0.3 is 6.03 Å². The Morgan fingerprint density at radius 1 is 1.00 bits per heavy atom. The van der Waals surface area contributed by atoms with Crippen LogP contribution in [0.5, 0.6) is 0 Å². The number of carbonyl (C=O) groups is 1. The number of anilines is 1. The van der Waals surface area contributed by atoms with Gasteiger partial charge in [-0.2, -0.15) is 5.26 Å². The number of rotatable bonds is 3. The number of benzene rings is 2. The Kier molecular flexibility index (Phi) is 22.8. The summed E-state index contributed by atoms with van der Waals surface area (Å²) >= 11 is 3.43. The third kappa shape index (κ3) is 15.3. The second kappa shape index (κ2) is 18.8. The van der Waals surface area contributed by atoms with E-state index in [0.29, 0.717) is 17.2 Å². The van der Waals surface area contributed by atoms with Crippen molar-refractivity contribution in [1.29, 1.82) is 5.26 Å². The summed E-state index contributed by atoms with van der Waals surface area (Å²) < 4.78 is 1.17. The van der Waals surface area contributed by atoms with Crippen molar-refractivity contribution in [2.75, 3.05) is 5.32 Å². The van der Waals surface area contributed by atoms with Gasteiger partial charge < -0.3 is 10.6 Å². The van der Waals surface area contributed by atoms with Gasteiger partial charge in [0, 0.05) is 48.9 Å². The van der Waals surface area contributed by atoms with E-state index in [-0.39, 0.29) is 67.1 Å². The van der Waals surface area contributed by atoms with Crippen molar-refractivity contribution >= 4 is 27.6 Å². The summed E-state index contributed by atoms with van der Waals surface area (Å²) in [5.41, 5.74) is 2.63. The van der Waals surface area contributed by atoms with Gasteiger partial charge in [0.2, 0.25) is 0 Å². The molecule has 2 N–H and O–H groups in total. The zero-order chi connectivity index (χ0) is 18.8. The minimum absolute atomic E-state index is 0. The Hall–Kier alpha value is -1.22. The average Bonchev–Trinajstić information content (AvgIpc) is 2.55. The molecule has 4 nitrogen and oxygen atoms in total. The molecule has 0 fully saturated rings. The van der Waals surface area contributed by atoms with Crippen LogP contribution in [-0.4, -0.2) is 12.1 Å². The summed E-state index contributed by atoms with van der Waals surface area (Å²) in [6.45, 7) is 8.17. The van der Waals surface area contributed by atoms with Crippen LogP contribution in [0.1, 0.15) is 67.0 Å². The van der Waals surface area contributed by atoms with Gasteiger partial charge in [-0.1, -0.05) is 64.2 Å². The third-order valence-corrected chi connectivity index (χ3v) is 3.70. The molecule has 2 amide bonds. The monoisotopic (exact) mass is 538 g/mol. The van der Waals surface area contributed by atoms with E-state index < -0.39 is 0 Å². The Balaban J connectivity index is -0.000000200. The van der Waals surface area contributed by atoms with Crippen molar-refractivity contribution < 1.29 is 37.5 Å². The molecule has 2 rings (SSSR count). The molecule has 0 heterocycles. The van der Waals surface area contributed by atoms with Crippen LogP contribution in [0.4, 0.5) is 10.5 Å². The predicted octanol–water partition coefficient (Wildman–Crippen LogP) is 7.57. The minimum atomic E-state index is -0.241. The van der Waals surface area contributed by atoms with Gasteiger partial charge in [-0.15, -0.1) is 0 Å². The normalized spacial score (nSPS) is 8.48. The number of hydrogen-bond donors (Lipinski definition) is 2. The number of urea groups is 1. The summed E-state index contributed by atoms with van der Waals surface area (Å²) in [7, 11) is 0. The number of nitrogens with one attached hydrogen (secondary N) is 2. The molecule has 0 spiro atoms. The Morgan fingerprint density at radius 2 is 1.55 bits per heavy atom. The fourth-order valence-electron chi connectivity index (χ4n) is 1.92. The summed E-state index contributed by atoms with van der Waals surface area (Å²) in [6, 6.07) is 17.0. The van der Waals surface area contributed by atoms with Crippen molar-refractivity contribution in [2.45, 2.75) is 61.9 Å². The summed E-state index contributed by atoms with van der Waals surface area (Å²) in [6.07, 6.45) is 0. The van der Waals surface area contributed by atoms with Gasteiger partial charge in [-0.25, -0.2) is 4.79 Å². The maximum absolute atomic E-state index is 11.3. The van der Waals surface area contributed by atoms with E-state index in [2.05, 4.69) is 58.6 Å². The first-order valence-corrected chi connectivity index (χ1v) is 8.94. The quantitative estimate of drug-likeness (QED) is 0.423. The van der Waals surface area contributed by atoms with Gasteiger partial charge in [0.25, 0.3) is 0 Å². The molecule has 0 aliphatic rings. The van der Waals surface area contributed by atoms with Crippen LogP contribution in [0, 0.1) is 11.3 Å². The summed E-state index contributed by atoms with van der Waals surface area (Å²) in [4.78, 5) is 11.3. The van der Waals surface area contributed by atoms with Crippen molar-refractivity contribution in [1.82, 2.24) is 5.32 Å². The number of nitriles is 1. The average molecular weight is 539 g/mol. The van der Waals surface area contributed by atoms with E-state index >= 15 is 0 Å². The van der Waals surface area contributed by atoms with Gasteiger partial charge in [0.05, 0.1) is 11.6 Å². The van der Waals surface area contributed by atoms with Crippen molar-refractivity contribution in [3.63, 3.8) is 0 Å². The molecular formula is C23H36BrN3OY. The Labute approximate surface area is 211 Å². The molecule has 0 aromatic heterocycles. The fourth-order valence-corrected chi connectivity index (χ4v) is 2.34. The molecule has 0 saturated heterocycles. The van der Waals surface area contributed by atoms with E-state index in [1.807, 2.05) is 26.0 Å². The van der Waals surface area contributed by atoms with E-state index in [4.69, 9.17) is 5.26 Å². The standard InChI is InChI=1S/C11H13N3O.C9H11Br.3CH4.Y/c1-8(2)13-11(15)14-10-5-3-9(7-12)4-6-10;1-7(2)8-4-3-5-9(10)6-8;;;;/h3-6,8H,1-2H3,(H2,13,14,15);3-7H,1-2H3;3*1H4;. The predicted molar refractivity (Wildman–Crippen MR) is 127 cm³/mol. The maximum Gasteiger partial charge on any atom is 0.319 e. The topological polar surface area (TPSA) is 64.9 Å². The molecule has 0 aliphatic heterocycles. The number of halogens is 1. The van der Waals surface area contributed by atoms with Crippen LogP contribution >= 0.6 is 15.9 Å². The largest absolute Gasteiger partial charge is 0.336 e. The molecule has 6 heteroatoms. The molecule has 2 aromatic carbocycles. The van der Waals surface area contributed by atoms with E-state index in [9.17, 15) is 4.79 Å². The molecule has 0 saturated carbocycles. The number of hydrogen-bond acceptors (Lipinski definition) is 2. The zero-order valence-electron chi connectivity index (χ0n) is 15.6. The summed E-state index contributed by atoms with van der Waals surface area (Å²) in [5, 5.41) is 13.9. The van der Waals surface area contributed by atoms with Crippen molar-refractivity contribution in [3.8, 4) is 6.07 Å². The molecule has 0 aliphatic carbocycles. The van der Waals surface area contributed by atoms with Crippen LogP contribution in [0.3, 0.4) is 0 Å². The summed E-state index contributed by atoms with van der Waals surface area (Å²) in [5.74, 6) is 0.623. The molecule has 159 valence electrons. The smallest absolute Gasteiger partial charge is 0.319 e. The first-order valence-electron chi connectivity index (χ1n) is 8.15.